The van der Waals surface area contributed by atoms with Crippen molar-refractivity contribution in [1.82, 2.24) is 9.78 Å². The van der Waals surface area contributed by atoms with Crippen LogP contribution >= 0.6 is 15.9 Å². The van der Waals surface area contributed by atoms with Gasteiger partial charge in [0.15, 0.2) is 17.5 Å². The molecule has 1 aromatic heterocycles. The highest BCUT2D eigenvalue weighted by molar-refractivity contribution is 9.10. The molecule has 1 N–H and O–H groups in total. The van der Waals surface area contributed by atoms with E-state index in [9.17, 15) is 18.3 Å². The molecule has 2 aromatic rings. The fraction of sp³-hybridized carbons (Fsp3) is 0.308. The van der Waals surface area contributed by atoms with E-state index in [4.69, 9.17) is 0 Å². The van der Waals surface area contributed by atoms with Crippen molar-refractivity contribution in [3.05, 3.63) is 51.5 Å². The van der Waals surface area contributed by atoms with Crippen LogP contribution in [0.4, 0.5) is 13.2 Å². The summed E-state index contributed by atoms with van der Waals surface area (Å²) in [6, 6.07) is 1.71. The third-order valence-corrected chi connectivity index (χ3v) is 3.51. The second kappa shape index (κ2) is 5.57. The predicted molar refractivity (Wildman–Crippen MR) is 70.7 cm³/mol. The monoisotopic (exact) mass is 348 g/mol. The number of aliphatic hydroxyl groups is 1. The smallest absolute Gasteiger partial charge is 0.194 e. The Morgan fingerprint density at radius 3 is 2.45 bits per heavy atom. The Morgan fingerprint density at radius 2 is 1.85 bits per heavy atom. The van der Waals surface area contributed by atoms with Crippen molar-refractivity contribution >= 4 is 15.9 Å². The molecule has 0 spiro atoms. The molecule has 7 heteroatoms. The second-order valence-electron chi connectivity index (χ2n) is 4.58. The standard InChI is InChI=1S/C13H12BrF3N2O/c1-6(2)19-12(8(14)5-18-19)13(20)7-3-4-9(15)11(17)10(7)16/h3-6,13,20H,1-2H3. The van der Waals surface area contributed by atoms with Crippen LogP contribution in [0.2, 0.25) is 0 Å². The van der Waals surface area contributed by atoms with Gasteiger partial charge in [-0.15, -0.1) is 0 Å². The minimum absolute atomic E-state index is 0.0840. The summed E-state index contributed by atoms with van der Waals surface area (Å²) in [5.41, 5.74) is -0.0584. The maximum Gasteiger partial charge on any atom is 0.194 e. The lowest BCUT2D eigenvalue weighted by Gasteiger charge is -2.17. The van der Waals surface area contributed by atoms with Crippen molar-refractivity contribution in [3.8, 4) is 0 Å². The van der Waals surface area contributed by atoms with Crippen LogP contribution in [0, 0.1) is 17.5 Å². The van der Waals surface area contributed by atoms with Crippen molar-refractivity contribution in [2.75, 3.05) is 0 Å². The van der Waals surface area contributed by atoms with E-state index in [1.165, 1.54) is 10.9 Å². The Balaban J connectivity index is 2.55. The number of aromatic nitrogens is 2. The lowest BCUT2D eigenvalue weighted by molar-refractivity contribution is 0.197. The van der Waals surface area contributed by atoms with Gasteiger partial charge in [-0.1, -0.05) is 0 Å². The summed E-state index contributed by atoms with van der Waals surface area (Å²) in [4.78, 5) is 0. The largest absolute Gasteiger partial charge is 0.382 e. The summed E-state index contributed by atoms with van der Waals surface area (Å²) in [5.74, 6) is -4.30. The molecular weight excluding hydrogens is 337 g/mol. The van der Waals surface area contributed by atoms with E-state index in [1.54, 1.807) is 0 Å². The molecule has 0 aliphatic carbocycles. The van der Waals surface area contributed by atoms with Gasteiger partial charge in [0.25, 0.3) is 0 Å². The summed E-state index contributed by atoms with van der Waals surface area (Å²) in [7, 11) is 0. The zero-order valence-electron chi connectivity index (χ0n) is 10.7. The first-order chi connectivity index (χ1) is 9.34. The lowest BCUT2D eigenvalue weighted by atomic mass is 10.1. The van der Waals surface area contributed by atoms with Crippen molar-refractivity contribution in [2.45, 2.75) is 26.0 Å². The molecule has 20 heavy (non-hydrogen) atoms. The van der Waals surface area contributed by atoms with Gasteiger partial charge in [-0.05, 0) is 41.9 Å². The maximum absolute atomic E-state index is 13.7. The zero-order valence-corrected chi connectivity index (χ0v) is 12.3. The van der Waals surface area contributed by atoms with Gasteiger partial charge in [-0.3, -0.25) is 4.68 Å². The van der Waals surface area contributed by atoms with Crippen molar-refractivity contribution in [1.29, 1.82) is 0 Å². The molecule has 3 nitrogen and oxygen atoms in total. The zero-order chi connectivity index (χ0) is 15.0. The van der Waals surface area contributed by atoms with Gasteiger partial charge in [0.1, 0.15) is 6.10 Å². The molecule has 0 saturated carbocycles. The third kappa shape index (κ3) is 2.47. The quantitative estimate of drug-likeness (QED) is 0.858. The Labute approximate surface area is 122 Å². The molecular formula is C13H12BrF3N2O. The minimum atomic E-state index is -1.60. The Kier molecular flexibility index (Phi) is 4.19. The molecule has 0 aliphatic rings. The fourth-order valence-electron chi connectivity index (χ4n) is 1.92. The normalized spacial score (nSPS) is 13.0. The van der Waals surface area contributed by atoms with Gasteiger partial charge in [0.2, 0.25) is 0 Å². The second-order valence-corrected chi connectivity index (χ2v) is 5.44. The summed E-state index contributed by atoms with van der Waals surface area (Å²) in [6.07, 6.45) is 0.000419. The van der Waals surface area contributed by atoms with Gasteiger partial charge in [0.05, 0.1) is 16.4 Å². The maximum atomic E-state index is 13.7. The number of benzene rings is 1. The van der Waals surface area contributed by atoms with Crippen LogP contribution in [-0.2, 0) is 0 Å². The van der Waals surface area contributed by atoms with Gasteiger partial charge in [-0.25, -0.2) is 13.2 Å². The van der Waals surface area contributed by atoms with E-state index in [0.29, 0.717) is 4.47 Å². The molecule has 0 saturated heterocycles. The van der Waals surface area contributed by atoms with Gasteiger partial charge in [-0.2, -0.15) is 5.10 Å². The summed E-state index contributed by atoms with van der Waals surface area (Å²) >= 11 is 3.21. The highest BCUT2D eigenvalue weighted by atomic mass is 79.9. The van der Waals surface area contributed by atoms with Crippen LogP contribution in [-0.4, -0.2) is 14.9 Å². The first-order valence-corrected chi connectivity index (χ1v) is 6.68. The number of halogens is 4. The van der Waals surface area contributed by atoms with Crippen LogP contribution in [0.25, 0.3) is 0 Å². The van der Waals surface area contributed by atoms with E-state index >= 15 is 0 Å². The summed E-state index contributed by atoms with van der Waals surface area (Å²) in [5, 5.41) is 14.3. The average Bonchev–Trinajstić information content (AvgIpc) is 2.77. The van der Waals surface area contributed by atoms with E-state index < -0.39 is 23.6 Å². The lowest BCUT2D eigenvalue weighted by Crippen LogP contribution is -2.14. The van der Waals surface area contributed by atoms with E-state index in [-0.39, 0.29) is 17.3 Å². The van der Waals surface area contributed by atoms with Gasteiger partial charge in [0, 0.05) is 11.6 Å². The molecule has 1 aromatic carbocycles. The van der Waals surface area contributed by atoms with Crippen molar-refractivity contribution in [2.24, 2.45) is 0 Å². The van der Waals surface area contributed by atoms with Crippen LogP contribution in [0.15, 0.2) is 22.8 Å². The van der Waals surface area contributed by atoms with Crippen LogP contribution in [0.1, 0.15) is 37.3 Å². The molecule has 108 valence electrons. The fourth-order valence-corrected chi connectivity index (χ4v) is 2.41. The average molecular weight is 349 g/mol. The van der Waals surface area contributed by atoms with E-state index in [0.717, 1.165) is 12.1 Å². The van der Waals surface area contributed by atoms with E-state index in [2.05, 4.69) is 21.0 Å². The minimum Gasteiger partial charge on any atom is -0.382 e. The highest BCUT2D eigenvalue weighted by Crippen LogP contribution is 2.32. The first-order valence-electron chi connectivity index (χ1n) is 5.89. The molecule has 1 unspecified atom stereocenters. The van der Waals surface area contributed by atoms with E-state index in [1.807, 2.05) is 13.8 Å². The number of nitrogens with zero attached hydrogens (tertiary/aromatic N) is 2. The molecule has 0 aliphatic heterocycles. The van der Waals surface area contributed by atoms with Crippen LogP contribution in [0.5, 0.6) is 0 Å². The molecule has 1 atom stereocenters. The number of rotatable bonds is 3. The number of hydrogen-bond acceptors (Lipinski definition) is 2. The SMILES string of the molecule is CC(C)n1ncc(Br)c1C(O)c1ccc(F)c(F)c1F. The number of aliphatic hydroxyl groups excluding tert-OH is 1. The van der Waals surface area contributed by atoms with Crippen LogP contribution in [0.3, 0.4) is 0 Å². The third-order valence-electron chi connectivity index (χ3n) is 2.89. The summed E-state index contributed by atoms with van der Waals surface area (Å²) in [6.45, 7) is 3.66. The molecule has 0 radical (unpaired) electrons. The van der Waals surface area contributed by atoms with Crippen LogP contribution < -0.4 is 0 Å². The molecule has 0 bridgehead atoms. The van der Waals surface area contributed by atoms with Crippen molar-refractivity contribution in [3.63, 3.8) is 0 Å². The van der Waals surface area contributed by atoms with Gasteiger partial charge >= 0.3 is 0 Å². The number of hydrogen-bond donors (Lipinski definition) is 1. The predicted octanol–water partition coefficient (Wildman–Crippen LogP) is 3.73. The summed E-state index contributed by atoms with van der Waals surface area (Å²) < 4.78 is 41.9. The molecule has 0 fully saturated rings. The topological polar surface area (TPSA) is 38.0 Å². The highest BCUT2D eigenvalue weighted by Gasteiger charge is 2.26. The Bertz CT molecular complexity index is 643. The van der Waals surface area contributed by atoms with Crippen molar-refractivity contribution < 1.29 is 18.3 Å². The molecule has 1 heterocycles. The van der Waals surface area contributed by atoms with Gasteiger partial charge < -0.3 is 5.11 Å². The first kappa shape index (κ1) is 15.1. The Morgan fingerprint density at radius 1 is 1.20 bits per heavy atom. The Hall–Kier alpha value is -1.34. The molecule has 0 amide bonds. The molecule has 2 rings (SSSR count).